The standard InChI is InChI=1S/C10H11NO/c1-9(7-11-8-12)10-5-3-2-4-6-10/h2-6,9H,7H2,1H3. The third-order valence-corrected chi connectivity index (χ3v) is 1.80. The summed E-state index contributed by atoms with van der Waals surface area (Å²) >= 11 is 0. The van der Waals surface area contributed by atoms with Crippen LogP contribution in [0, 0.1) is 0 Å². The molecule has 0 saturated heterocycles. The third-order valence-electron chi connectivity index (χ3n) is 1.80. The van der Waals surface area contributed by atoms with Crippen LogP contribution in [-0.2, 0) is 4.79 Å². The molecule has 0 spiro atoms. The smallest absolute Gasteiger partial charge is 0.211 e. The van der Waals surface area contributed by atoms with E-state index in [1.54, 1.807) is 6.08 Å². The highest BCUT2D eigenvalue weighted by Crippen LogP contribution is 2.13. The minimum atomic E-state index is 0.299. The quantitative estimate of drug-likeness (QED) is 0.493. The fourth-order valence-corrected chi connectivity index (χ4v) is 1.06. The van der Waals surface area contributed by atoms with Crippen molar-refractivity contribution in [3.05, 3.63) is 35.9 Å². The van der Waals surface area contributed by atoms with Crippen LogP contribution in [0.3, 0.4) is 0 Å². The van der Waals surface area contributed by atoms with Crippen molar-refractivity contribution in [1.29, 1.82) is 0 Å². The molecule has 1 rings (SSSR count). The lowest BCUT2D eigenvalue weighted by atomic mass is 10.0. The average molecular weight is 161 g/mol. The molecule has 0 bridgehead atoms. The predicted molar refractivity (Wildman–Crippen MR) is 47.8 cm³/mol. The van der Waals surface area contributed by atoms with Crippen molar-refractivity contribution in [3.8, 4) is 0 Å². The van der Waals surface area contributed by atoms with Crippen LogP contribution in [0.25, 0.3) is 0 Å². The Labute approximate surface area is 71.9 Å². The molecule has 0 saturated carbocycles. The Morgan fingerprint density at radius 1 is 1.42 bits per heavy atom. The largest absolute Gasteiger partial charge is 0.234 e. The van der Waals surface area contributed by atoms with E-state index in [2.05, 4.69) is 4.99 Å². The molecular formula is C10H11NO. The molecule has 62 valence electrons. The van der Waals surface area contributed by atoms with Crippen molar-refractivity contribution >= 4 is 6.08 Å². The maximum absolute atomic E-state index is 9.85. The van der Waals surface area contributed by atoms with Gasteiger partial charge in [0.2, 0.25) is 6.08 Å². The Morgan fingerprint density at radius 3 is 2.67 bits per heavy atom. The van der Waals surface area contributed by atoms with Crippen LogP contribution < -0.4 is 0 Å². The van der Waals surface area contributed by atoms with E-state index in [0.717, 1.165) is 0 Å². The van der Waals surface area contributed by atoms with E-state index < -0.39 is 0 Å². The van der Waals surface area contributed by atoms with Gasteiger partial charge in [-0.2, -0.15) is 0 Å². The lowest BCUT2D eigenvalue weighted by Gasteiger charge is -2.06. The first-order valence-corrected chi connectivity index (χ1v) is 3.93. The molecule has 1 aromatic rings. The molecule has 1 aromatic carbocycles. The minimum absolute atomic E-state index is 0.299. The van der Waals surface area contributed by atoms with Gasteiger partial charge in [-0.15, -0.1) is 0 Å². The molecule has 1 unspecified atom stereocenters. The van der Waals surface area contributed by atoms with Gasteiger partial charge in [-0.3, -0.25) is 0 Å². The van der Waals surface area contributed by atoms with E-state index in [-0.39, 0.29) is 0 Å². The first-order chi connectivity index (χ1) is 5.84. The van der Waals surface area contributed by atoms with Crippen molar-refractivity contribution in [3.63, 3.8) is 0 Å². The van der Waals surface area contributed by atoms with Gasteiger partial charge in [-0.05, 0) is 5.56 Å². The molecule has 0 aliphatic heterocycles. The average Bonchev–Trinajstić information content (AvgIpc) is 2.15. The fourth-order valence-electron chi connectivity index (χ4n) is 1.06. The number of hydrogen-bond acceptors (Lipinski definition) is 2. The van der Waals surface area contributed by atoms with E-state index >= 15 is 0 Å². The zero-order valence-electron chi connectivity index (χ0n) is 7.03. The number of isocyanates is 1. The Balaban J connectivity index is 2.65. The predicted octanol–water partition coefficient (Wildman–Crippen LogP) is 2.13. The topological polar surface area (TPSA) is 29.4 Å². The van der Waals surface area contributed by atoms with E-state index in [9.17, 15) is 4.79 Å². The first-order valence-electron chi connectivity index (χ1n) is 3.93. The van der Waals surface area contributed by atoms with Crippen LogP contribution in [0.15, 0.2) is 35.3 Å². The lowest BCUT2D eigenvalue weighted by Crippen LogP contribution is -1.96. The molecule has 0 aromatic heterocycles. The van der Waals surface area contributed by atoms with Crippen LogP contribution in [0.1, 0.15) is 18.4 Å². The van der Waals surface area contributed by atoms with Gasteiger partial charge in [0.15, 0.2) is 0 Å². The van der Waals surface area contributed by atoms with Gasteiger partial charge in [-0.1, -0.05) is 37.3 Å². The Morgan fingerprint density at radius 2 is 2.08 bits per heavy atom. The molecule has 0 amide bonds. The van der Waals surface area contributed by atoms with Gasteiger partial charge >= 0.3 is 0 Å². The van der Waals surface area contributed by atoms with Gasteiger partial charge in [0.1, 0.15) is 0 Å². The highest BCUT2D eigenvalue weighted by molar-refractivity contribution is 5.33. The van der Waals surface area contributed by atoms with E-state index in [4.69, 9.17) is 0 Å². The minimum Gasteiger partial charge on any atom is -0.211 e. The molecule has 0 heterocycles. The highest BCUT2D eigenvalue weighted by atomic mass is 16.1. The molecule has 0 fully saturated rings. The van der Waals surface area contributed by atoms with Gasteiger partial charge in [0.05, 0.1) is 6.54 Å². The third kappa shape index (κ3) is 2.33. The second kappa shape index (κ2) is 4.47. The second-order valence-electron chi connectivity index (χ2n) is 2.74. The second-order valence-corrected chi connectivity index (χ2v) is 2.74. The molecule has 0 aliphatic rings. The normalized spacial score (nSPS) is 11.8. The number of benzene rings is 1. The maximum Gasteiger partial charge on any atom is 0.234 e. The number of carbonyl (C=O) groups excluding carboxylic acids is 1. The summed E-state index contributed by atoms with van der Waals surface area (Å²) in [5, 5.41) is 0. The fraction of sp³-hybridized carbons (Fsp3) is 0.300. The summed E-state index contributed by atoms with van der Waals surface area (Å²) in [7, 11) is 0. The highest BCUT2D eigenvalue weighted by Gasteiger charge is 2.01. The number of aliphatic imine (C=N–C) groups is 1. The van der Waals surface area contributed by atoms with Crippen molar-refractivity contribution in [1.82, 2.24) is 0 Å². The van der Waals surface area contributed by atoms with Crippen LogP contribution in [0.2, 0.25) is 0 Å². The number of hydrogen-bond donors (Lipinski definition) is 0. The van der Waals surface area contributed by atoms with Gasteiger partial charge in [0.25, 0.3) is 0 Å². The van der Waals surface area contributed by atoms with Crippen LogP contribution in [0.4, 0.5) is 0 Å². The molecule has 0 aliphatic carbocycles. The first kappa shape index (κ1) is 8.69. The molecule has 12 heavy (non-hydrogen) atoms. The van der Waals surface area contributed by atoms with Crippen molar-refractivity contribution in [2.75, 3.05) is 6.54 Å². The van der Waals surface area contributed by atoms with Gasteiger partial charge in [0, 0.05) is 5.92 Å². The van der Waals surface area contributed by atoms with Crippen LogP contribution >= 0.6 is 0 Å². The van der Waals surface area contributed by atoms with E-state index in [1.165, 1.54) is 5.56 Å². The monoisotopic (exact) mass is 161 g/mol. The Bertz CT molecular complexity index is 275. The van der Waals surface area contributed by atoms with Gasteiger partial charge in [-0.25, -0.2) is 9.79 Å². The Hall–Kier alpha value is -1.40. The van der Waals surface area contributed by atoms with Crippen molar-refractivity contribution in [2.24, 2.45) is 4.99 Å². The zero-order valence-corrected chi connectivity index (χ0v) is 7.03. The molecule has 0 N–H and O–H groups in total. The summed E-state index contributed by atoms with van der Waals surface area (Å²) in [5.41, 5.74) is 1.21. The summed E-state index contributed by atoms with van der Waals surface area (Å²) in [5.74, 6) is 0.299. The van der Waals surface area contributed by atoms with Crippen molar-refractivity contribution < 1.29 is 4.79 Å². The van der Waals surface area contributed by atoms with Crippen LogP contribution in [-0.4, -0.2) is 12.6 Å². The zero-order chi connectivity index (χ0) is 8.81. The SMILES string of the molecule is CC(CN=C=O)c1ccccc1. The summed E-state index contributed by atoms with van der Waals surface area (Å²) < 4.78 is 0. The summed E-state index contributed by atoms with van der Waals surface area (Å²) in [6.45, 7) is 2.56. The van der Waals surface area contributed by atoms with E-state index in [0.29, 0.717) is 12.5 Å². The van der Waals surface area contributed by atoms with Gasteiger partial charge < -0.3 is 0 Å². The molecule has 2 heteroatoms. The molecule has 2 nitrogen and oxygen atoms in total. The number of rotatable bonds is 3. The van der Waals surface area contributed by atoms with Crippen molar-refractivity contribution in [2.45, 2.75) is 12.8 Å². The summed E-state index contributed by atoms with van der Waals surface area (Å²) in [6, 6.07) is 10.0. The van der Waals surface area contributed by atoms with Crippen LogP contribution in [0.5, 0.6) is 0 Å². The maximum atomic E-state index is 9.85. The lowest BCUT2D eigenvalue weighted by molar-refractivity contribution is 0.561. The number of nitrogens with zero attached hydrogens (tertiary/aromatic N) is 1. The molecule has 0 radical (unpaired) electrons. The summed E-state index contributed by atoms with van der Waals surface area (Å²) in [6.07, 6.45) is 1.54. The molecule has 1 atom stereocenters. The Kier molecular flexibility index (Phi) is 3.24. The summed E-state index contributed by atoms with van der Waals surface area (Å²) in [4.78, 5) is 13.4. The molecular weight excluding hydrogens is 150 g/mol. The van der Waals surface area contributed by atoms with E-state index in [1.807, 2.05) is 37.3 Å².